The average molecular weight is 246 g/mol. The van der Waals surface area contributed by atoms with Crippen LogP contribution in [0, 0.1) is 5.92 Å². The third kappa shape index (κ3) is 6.91. The molecule has 4 N–H and O–H groups in total. The lowest BCUT2D eigenvalue weighted by atomic mass is 10.0. The van der Waals surface area contributed by atoms with Gasteiger partial charge in [-0.1, -0.05) is 13.8 Å². The monoisotopic (exact) mass is 246 g/mol. The second-order valence-electron chi connectivity index (χ2n) is 4.42. The first-order chi connectivity index (χ1) is 7.88. The number of rotatable bonds is 8. The summed E-state index contributed by atoms with van der Waals surface area (Å²) in [5.74, 6) is -1.22. The Morgan fingerprint density at radius 1 is 1.41 bits per heavy atom. The van der Waals surface area contributed by atoms with E-state index in [9.17, 15) is 9.59 Å². The van der Waals surface area contributed by atoms with Crippen LogP contribution in [0.15, 0.2) is 0 Å². The molecule has 0 radical (unpaired) electrons. The first-order valence-corrected chi connectivity index (χ1v) is 5.66. The molecule has 100 valence electrons. The third-order valence-electron chi connectivity index (χ3n) is 2.29. The highest BCUT2D eigenvalue weighted by molar-refractivity contribution is 5.86. The molecule has 0 aliphatic rings. The minimum atomic E-state index is -1.08. The minimum Gasteiger partial charge on any atom is -0.480 e. The van der Waals surface area contributed by atoms with Crippen molar-refractivity contribution in [1.29, 1.82) is 0 Å². The summed E-state index contributed by atoms with van der Waals surface area (Å²) < 4.78 is 4.78. The van der Waals surface area contributed by atoms with Gasteiger partial charge in [0.2, 0.25) is 5.91 Å². The number of nitrogens with two attached hydrogens (primary N) is 1. The fourth-order valence-corrected chi connectivity index (χ4v) is 1.39. The largest absolute Gasteiger partial charge is 0.480 e. The first kappa shape index (κ1) is 15.9. The molecule has 1 amide bonds. The molecular weight excluding hydrogens is 224 g/mol. The van der Waals surface area contributed by atoms with Gasteiger partial charge < -0.3 is 20.9 Å². The Morgan fingerprint density at radius 2 is 2.00 bits per heavy atom. The van der Waals surface area contributed by atoms with Crippen molar-refractivity contribution in [3.63, 3.8) is 0 Å². The lowest BCUT2D eigenvalue weighted by Gasteiger charge is -2.18. The van der Waals surface area contributed by atoms with Crippen LogP contribution in [0.1, 0.15) is 26.7 Å². The molecule has 0 aromatic carbocycles. The number of nitrogens with one attached hydrogen (secondary N) is 1. The van der Waals surface area contributed by atoms with Crippen molar-refractivity contribution in [2.24, 2.45) is 11.7 Å². The highest BCUT2D eigenvalue weighted by atomic mass is 16.5. The van der Waals surface area contributed by atoms with Crippen molar-refractivity contribution in [2.45, 2.75) is 38.8 Å². The summed E-state index contributed by atoms with van der Waals surface area (Å²) in [5.41, 5.74) is 5.66. The smallest absolute Gasteiger partial charge is 0.326 e. The molecule has 6 heteroatoms. The van der Waals surface area contributed by atoms with Gasteiger partial charge in [0, 0.05) is 20.1 Å². The summed E-state index contributed by atoms with van der Waals surface area (Å²) in [6.07, 6.45) is 0.758. The van der Waals surface area contributed by atoms with Crippen LogP contribution in [0.3, 0.4) is 0 Å². The molecule has 2 atom stereocenters. The van der Waals surface area contributed by atoms with Gasteiger partial charge in [0.05, 0.1) is 6.04 Å². The quantitative estimate of drug-likeness (QED) is 0.558. The maximum Gasteiger partial charge on any atom is 0.326 e. The molecule has 0 saturated heterocycles. The highest BCUT2D eigenvalue weighted by Crippen LogP contribution is 2.03. The standard InChI is InChI=1S/C11H22N2O4/c1-7(2)6-8(12)10(14)13-9(11(15)16)4-5-17-3/h7-9H,4-6,12H2,1-3H3,(H,13,14)(H,15,16). The number of carbonyl (C=O) groups excluding carboxylic acids is 1. The van der Waals surface area contributed by atoms with Gasteiger partial charge in [-0.2, -0.15) is 0 Å². The molecule has 17 heavy (non-hydrogen) atoms. The normalized spacial score (nSPS) is 14.4. The number of carbonyl (C=O) groups is 2. The van der Waals surface area contributed by atoms with Crippen LogP contribution in [-0.2, 0) is 14.3 Å². The van der Waals surface area contributed by atoms with Crippen LogP contribution >= 0.6 is 0 Å². The van der Waals surface area contributed by atoms with Crippen LogP contribution in [-0.4, -0.2) is 42.8 Å². The number of carboxylic acids is 1. The zero-order chi connectivity index (χ0) is 13.4. The Hall–Kier alpha value is -1.14. The lowest BCUT2D eigenvalue weighted by Crippen LogP contribution is -2.49. The molecule has 6 nitrogen and oxygen atoms in total. The number of hydrogen-bond acceptors (Lipinski definition) is 4. The summed E-state index contributed by atoms with van der Waals surface area (Å²) in [6, 6.07) is -1.61. The van der Waals surface area contributed by atoms with E-state index in [1.807, 2.05) is 13.8 Å². The molecule has 0 aliphatic heterocycles. The van der Waals surface area contributed by atoms with Gasteiger partial charge in [0.1, 0.15) is 6.04 Å². The molecule has 0 heterocycles. The Kier molecular flexibility index (Phi) is 7.49. The Morgan fingerprint density at radius 3 is 2.41 bits per heavy atom. The molecule has 2 unspecified atom stereocenters. The van der Waals surface area contributed by atoms with E-state index in [1.165, 1.54) is 7.11 Å². The highest BCUT2D eigenvalue weighted by Gasteiger charge is 2.23. The maximum atomic E-state index is 11.6. The molecule has 0 aromatic rings. The fourth-order valence-electron chi connectivity index (χ4n) is 1.39. The van der Waals surface area contributed by atoms with Crippen LogP contribution < -0.4 is 11.1 Å². The fraction of sp³-hybridized carbons (Fsp3) is 0.818. The molecule has 0 spiro atoms. The molecule has 0 aliphatic carbocycles. The van der Waals surface area contributed by atoms with Crippen LogP contribution in [0.4, 0.5) is 0 Å². The second kappa shape index (κ2) is 8.03. The molecule has 0 aromatic heterocycles. The van der Waals surface area contributed by atoms with E-state index in [-0.39, 0.29) is 18.9 Å². The van der Waals surface area contributed by atoms with Gasteiger partial charge in [0.25, 0.3) is 0 Å². The van der Waals surface area contributed by atoms with Crippen molar-refractivity contribution in [3.8, 4) is 0 Å². The zero-order valence-electron chi connectivity index (χ0n) is 10.6. The predicted molar refractivity (Wildman–Crippen MR) is 63.5 cm³/mol. The third-order valence-corrected chi connectivity index (χ3v) is 2.29. The van der Waals surface area contributed by atoms with Crippen molar-refractivity contribution < 1.29 is 19.4 Å². The van der Waals surface area contributed by atoms with Crippen molar-refractivity contribution in [2.75, 3.05) is 13.7 Å². The number of carboxylic acid groups (broad SMARTS) is 1. The van der Waals surface area contributed by atoms with E-state index in [0.717, 1.165) is 0 Å². The number of methoxy groups -OCH3 is 1. The van der Waals surface area contributed by atoms with E-state index in [0.29, 0.717) is 6.42 Å². The molecule has 0 saturated carbocycles. The van der Waals surface area contributed by atoms with Gasteiger partial charge in [-0.3, -0.25) is 4.79 Å². The summed E-state index contributed by atoms with van der Waals surface area (Å²) >= 11 is 0. The van der Waals surface area contributed by atoms with E-state index in [2.05, 4.69) is 5.32 Å². The van der Waals surface area contributed by atoms with E-state index in [1.54, 1.807) is 0 Å². The molecule has 0 fully saturated rings. The van der Waals surface area contributed by atoms with Gasteiger partial charge in [-0.15, -0.1) is 0 Å². The summed E-state index contributed by atoms with van der Waals surface area (Å²) in [7, 11) is 1.48. The van der Waals surface area contributed by atoms with E-state index >= 15 is 0 Å². The molecule has 0 bridgehead atoms. The number of aliphatic carboxylic acids is 1. The van der Waals surface area contributed by atoms with Crippen molar-refractivity contribution in [1.82, 2.24) is 5.32 Å². The SMILES string of the molecule is COCCC(NC(=O)C(N)CC(C)C)C(=O)O. The second-order valence-corrected chi connectivity index (χ2v) is 4.42. The molecule has 0 rings (SSSR count). The summed E-state index contributed by atoms with van der Waals surface area (Å²) in [4.78, 5) is 22.5. The summed E-state index contributed by atoms with van der Waals surface area (Å²) in [5, 5.41) is 11.3. The minimum absolute atomic E-state index is 0.228. The van der Waals surface area contributed by atoms with Gasteiger partial charge in [-0.05, 0) is 12.3 Å². The van der Waals surface area contributed by atoms with Crippen molar-refractivity contribution in [3.05, 3.63) is 0 Å². The zero-order valence-corrected chi connectivity index (χ0v) is 10.6. The van der Waals surface area contributed by atoms with Crippen molar-refractivity contribution >= 4 is 11.9 Å². The number of hydrogen-bond donors (Lipinski definition) is 3. The van der Waals surface area contributed by atoms with Gasteiger partial charge in [0.15, 0.2) is 0 Å². The molecular formula is C11H22N2O4. The van der Waals surface area contributed by atoms with Gasteiger partial charge >= 0.3 is 5.97 Å². The maximum absolute atomic E-state index is 11.6. The number of ether oxygens (including phenoxy) is 1. The Bertz CT molecular complexity index is 256. The average Bonchev–Trinajstić information content (AvgIpc) is 2.22. The van der Waals surface area contributed by atoms with Crippen LogP contribution in [0.5, 0.6) is 0 Å². The summed E-state index contributed by atoms with van der Waals surface area (Å²) in [6.45, 7) is 4.18. The first-order valence-electron chi connectivity index (χ1n) is 5.66. The van der Waals surface area contributed by atoms with E-state index in [4.69, 9.17) is 15.6 Å². The topological polar surface area (TPSA) is 102 Å². The number of amides is 1. The Balaban J connectivity index is 4.24. The predicted octanol–water partition coefficient (Wildman–Crippen LogP) is -0.0343. The van der Waals surface area contributed by atoms with Crippen LogP contribution in [0.2, 0.25) is 0 Å². The van der Waals surface area contributed by atoms with Crippen LogP contribution in [0.25, 0.3) is 0 Å². The van der Waals surface area contributed by atoms with Gasteiger partial charge in [-0.25, -0.2) is 4.79 Å². The Labute approximate surface area is 102 Å². The lowest BCUT2D eigenvalue weighted by molar-refractivity contribution is -0.142. The van der Waals surface area contributed by atoms with E-state index < -0.39 is 24.0 Å².